The Morgan fingerprint density at radius 2 is 1.78 bits per heavy atom. The SMILES string of the molecule is C=CC(=O)Nc1cccc(Nc2nc(Nc3cnn(C)c3)ncc2-c2ccc(C(F)(F)F)cc2)c1F. The highest BCUT2D eigenvalue weighted by Crippen LogP contribution is 2.35. The van der Waals surface area contributed by atoms with Gasteiger partial charge >= 0.3 is 6.18 Å². The van der Waals surface area contributed by atoms with E-state index in [0.717, 1.165) is 18.2 Å². The van der Waals surface area contributed by atoms with Crippen molar-refractivity contribution in [2.24, 2.45) is 7.05 Å². The Hall–Kier alpha value is -4.74. The number of nitrogens with zero attached hydrogens (tertiary/aromatic N) is 4. The molecule has 36 heavy (non-hydrogen) atoms. The Kier molecular flexibility index (Phi) is 6.68. The van der Waals surface area contributed by atoms with E-state index in [4.69, 9.17) is 0 Å². The lowest BCUT2D eigenvalue weighted by Gasteiger charge is -2.15. The summed E-state index contributed by atoms with van der Waals surface area (Å²) < 4.78 is 55.7. The first-order chi connectivity index (χ1) is 17.1. The number of aryl methyl sites for hydroxylation is 1. The van der Waals surface area contributed by atoms with E-state index in [0.29, 0.717) is 16.8 Å². The number of amides is 1. The normalized spacial score (nSPS) is 11.1. The van der Waals surface area contributed by atoms with Gasteiger partial charge in [0.05, 0.1) is 28.8 Å². The zero-order chi connectivity index (χ0) is 25.9. The van der Waals surface area contributed by atoms with E-state index in [2.05, 4.69) is 37.6 Å². The molecule has 0 fully saturated rings. The van der Waals surface area contributed by atoms with E-state index >= 15 is 4.39 Å². The molecule has 3 N–H and O–H groups in total. The van der Waals surface area contributed by atoms with Crippen LogP contribution in [-0.4, -0.2) is 25.7 Å². The lowest BCUT2D eigenvalue weighted by atomic mass is 10.1. The molecule has 0 spiro atoms. The van der Waals surface area contributed by atoms with Gasteiger partial charge in [0, 0.05) is 25.0 Å². The van der Waals surface area contributed by atoms with Crippen LogP contribution in [-0.2, 0) is 18.0 Å². The molecule has 0 saturated heterocycles. The van der Waals surface area contributed by atoms with E-state index in [1.807, 2.05) is 0 Å². The number of halogens is 4. The molecule has 4 rings (SSSR count). The molecule has 0 aliphatic heterocycles. The molecule has 0 atom stereocenters. The number of rotatable bonds is 7. The third kappa shape index (κ3) is 5.49. The van der Waals surface area contributed by atoms with Gasteiger partial charge in [-0.1, -0.05) is 24.8 Å². The topological polar surface area (TPSA) is 96.8 Å². The van der Waals surface area contributed by atoms with Crippen molar-refractivity contribution >= 4 is 34.7 Å². The van der Waals surface area contributed by atoms with Gasteiger partial charge in [-0.15, -0.1) is 0 Å². The average molecular weight is 497 g/mol. The monoisotopic (exact) mass is 497 g/mol. The molecule has 12 heteroatoms. The first-order valence-corrected chi connectivity index (χ1v) is 10.4. The predicted octanol–water partition coefficient (Wildman–Crippen LogP) is 5.65. The molecule has 1 amide bonds. The zero-order valence-corrected chi connectivity index (χ0v) is 18.8. The number of alkyl halides is 3. The first-order valence-electron chi connectivity index (χ1n) is 10.4. The summed E-state index contributed by atoms with van der Waals surface area (Å²) in [5.41, 5.74) is 0.342. The van der Waals surface area contributed by atoms with Crippen molar-refractivity contribution in [2.75, 3.05) is 16.0 Å². The van der Waals surface area contributed by atoms with E-state index in [9.17, 15) is 18.0 Å². The van der Waals surface area contributed by atoms with Gasteiger partial charge in [0.2, 0.25) is 11.9 Å². The molecule has 2 heterocycles. The lowest BCUT2D eigenvalue weighted by Crippen LogP contribution is -2.10. The molecule has 0 aliphatic carbocycles. The largest absolute Gasteiger partial charge is 0.416 e. The predicted molar refractivity (Wildman–Crippen MR) is 127 cm³/mol. The van der Waals surface area contributed by atoms with E-state index in [1.165, 1.54) is 36.5 Å². The van der Waals surface area contributed by atoms with E-state index in [1.54, 1.807) is 24.1 Å². The minimum atomic E-state index is -4.49. The summed E-state index contributed by atoms with van der Waals surface area (Å²) in [5, 5.41) is 12.2. The van der Waals surface area contributed by atoms with Crippen molar-refractivity contribution in [1.82, 2.24) is 19.7 Å². The molecule has 0 saturated carbocycles. The average Bonchev–Trinajstić information content (AvgIpc) is 3.25. The molecule has 2 aromatic carbocycles. The molecule has 4 aromatic rings. The summed E-state index contributed by atoms with van der Waals surface area (Å²) >= 11 is 0. The van der Waals surface area contributed by atoms with Crippen LogP contribution in [0.4, 0.5) is 46.4 Å². The van der Waals surface area contributed by atoms with Gasteiger partial charge in [0.15, 0.2) is 5.82 Å². The summed E-state index contributed by atoms with van der Waals surface area (Å²) in [6, 6.07) is 8.73. The number of hydrogen-bond donors (Lipinski definition) is 3. The molecule has 0 bridgehead atoms. The maximum Gasteiger partial charge on any atom is 0.416 e. The lowest BCUT2D eigenvalue weighted by molar-refractivity contribution is -0.137. The second-order valence-electron chi connectivity index (χ2n) is 7.54. The minimum Gasteiger partial charge on any atom is -0.337 e. The summed E-state index contributed by atoms with van der Waals surface area (Å²) in [7, 11) is 1.73. The third-order valence-corrected chi connectivity index (χ3v) is 4.97. The maximum absolute atomic E-state index is 15.1. The number of benzene rings is 2. The number of aromatic nitrogens is 4. The molecule has 0 aliphatic rings. The molecular formula is C24H19F4N7O. The fourth-order valence-corrected chi connectivity index (χ4v) is 3.24. The van der Waals surface area contributed by atoms with Crippen LogP contribution in [0.2, 0.25) is 0 Å². The van der Waals surface area contributed by atoms with Crippen LogP contribution < -0.4 is 16.0 Å². The van der Waals surface area contributed by atoms with Gasteiger partial charge in [-0.2, -0.15) is 23.3 Å². The van der Waals surface area contributed by atoms with Crippen LogP contribution in [0.3, 0.4) is 0 Å². The summed E-state index contributed by atoms with van der Waals surface area (Å²) in [6.07, 6.45) is 1.14. The fourth-order valence-electron chi connectivity index (χ4n) is 3.24. The smallest absolute Gasteiger partial charge is 0.337 e. The summed E-state index contributed by atoms with van der Waals surface area (Å²) in [6.45, 7) is 3.34. The van der Waals surface area contributed by atoms with Crippen LogP contribution in [0.5, 0.6) is 0 Å². The van der Waals surface area contributed by atoms with Crippen LogP contribution in [0.1, 0.15) is 5.56 Å². The maximum atomic E-state index is 15.1. The number of carbonyl (C=O) groups excluding carboxylic acids is 1. The molecule has 0 radical (unpaired) electrons. The molecule has 2 aromatic heterocycles. The standard InChI is InChI=1S/C24H19F4N7O/c1-3-20(36)32-18-5-4-6-19(21(18)25)33-22-17(14-7-9-15(10-8-14)24(26,27)28)12-29-23(34-22)31-16-11-30-35(2)13-16/h3-13H,1H2,2H3,(H,32,36)(H2,29,31,33,34). The van der Waals surface area contributed by atoms with Crippen molar-refractivity contribution in [3.63, 3.8) is 0 Å². The Balaban J connectivity index is 1.74. The minimum absolute atomic E-state index is 0.0314. The number of anilines is 5. The van der Waals surface area contributed by atoms with E-state index < -0.39 is 23.5 Å². The van der Waals surface area contributed by atoms with Crippen molar-refractivity contribution in [1.29, 1.82) is 0 Å². The fraction of sp³-hybridized carbons (Fsp3) is 0.0833. The van der Waals surface area contributed by atoms with Gasteiger partial charge in [-0.05, 0) is 35.9 Å². The second-order valence-corrected chi connectivity index (χ2v) is 7.54. The van der Waals surface area contributed by atoms with Gasteiger partial charge in [0.25, 0.3) is 0 Å². The summed E-state index contributed by atoms with van der Waals surface area (Å²) in [5.74, 6) is -1.12. The van der Waals surface area contributed by atoms with Crippen LogP contribution in [0.15, 0.2) is 73.7 Å². The number of hydrogen-bond acceptors (Lipinski definition) is 6. The van der Waals surface area contributed by atoms with Crippen molar-refractivity contribution in [3.8, 4) is 11.1 Å². The van der Waals surface area contributed by atoms with E-state index in [-0.39, 0.29) is 23.1 Å². The Morgan fingerprint density at radius 1 is 1.06 bits per heavy atom. The number of carbonyl (C=O) groups is 1. The van der Waals surface area contributed by atoms with Crippen molar-refractivity contribution in [2.45, 2.75) is 6.18 Å². The van der Waals surface area contributed by atoms with Crippen LogP contribution in [0.25, 0.3) is 11.1 Å². The Morgan fingerprint density at radius 3 is 2.42 bits per heavy atom. The molecule has 8 nitrogen and oxygen atoms in total. The van der Waals surface area contributed by atoms with Gasteiger partial charge in [-0.3, -0.25) is 9.48 Å². The van der Waals surface area contributed by atoms with Gasteiger partial charge in [-0.25, -0.2) is 9.37 Å². The summed E-state index contributed by atoms with van der Waals surface area (Å²) in [4.78, 5) is 20.3. The van der Waals surface area contributed by atoms with Gasteiger partial charge in [0.1, 0.15) is 5.82 Å². The Bertz CT molecular complexity index is 1410. The van der Waals surface area contributed by atoms with Crippen molar-refractivity contribution in [3.05, 3.63) is 85.1 Å². The highest BCUT2D eigenvalue weighted by molar-refractivity contribution is 5.99. The van der Waals surface area contributed by atoms with Crippen molar-refractivity contribution < 1.29 is 22.4 Å². The first kappa shape index (κ1) is 24.4. The molecular weight excluding hydrogens is 478 g/mol. The third-order valence-electron chi connectivity index (χ3n) is 4.97. The molecule has 0 unspecified atom stereocenters. The number of nitrogens with one attached hydrogen (secondary N) is 3. The highest BCUT2D eigenvalue weighted by Gasteiger charge is 2.30. The van der Waals surface area contributed by atoms with Crippen LogP contribution >= 0.6 is 0 Å². The Labute approximate surface area is 202 Å². The highest BCUT2D eigenvalue weighted by atomic mass is 19.4. The zero-order valence-electron chi connectivity index (χ0n) is 18.8. The van der Waals surface area contributed by atoms with Crippen LogP contribution in [0, 0.1) is 5.82 Å². The quantitative estimate of drug-likeness (QED) is 0.226. The molecule has 184 valence electrons. The second kappa shape index (κ2) is 9.86. The van der Waals surface area contributed by atoms with Gasteiger partial charge < -0.3 is 16.0 Å².